The first-order chi connectivity index (χ1) is 22.2. The third kappa shape index (κ3) is 25.8. The van der Waals surface area contributed by atoms with Crippen LogP contribution in [0.2, 0.25) is 4.44 Å². The Bertz CT molecular complexity index is 728. The molecule has 0 saturated heterocycles. The van der Waals surface area contributed by atoms with E-state index in [4.69, 9.17) is 9.22 Å². The molecule has 0 radical (unpaired) electrons. The summed E-state index contributed by atoms with van der Waals surface area (Å²) < 4.78 is 18.8. The number of rotatable bonds is 30. The molecule has 0 saturated carbocycles. The summed E-state index contributed by atoms with van der Waals surface area (Å²) in [5, 5.41) is -1.28. The van der Waals surface area contributed by atoms with Gasteiger partial charge in [0.25, 0.3) is 0 Å². The Labute approximate surface area is 308 Å². The topological polar surface area (TPSA) is 78.9 Å². The second-order valence-corrected chi connectivity index (χ2v) is 25.7. The van der Waals surface area contributed by atoms with Gasteiger partial charge < -0.3 is 0 Å². The molecule has 0 aliphatic heterocycles. The van der Waals surface area contributed by atoms with Crippen LogP contribution in [0, 0.1) is 17.8 Å². The van der Waals surface area contributed by atoms with E-state index in [1.54, 1.807) is 35.3 Å². The van der Waals surface area contributed by atoms with E-state index in [2.05, 4.69) is 41.5 Å². The number of hydrogen-bond acceptors (Lipinski definition) is 9. The molecule has 47 heavy (non-hydrogen) atoms. The van der Waals surface area contributed by atoms with Crippen LogP contribution in [0.1, 0.15) is 159 Å². The molecule has 0 amide bonds. The van der Waals surface area contributed by atoms with Crippen molar-refractivity contribution in [2.45, 2.75) is 179 Å². The van der Waals surface area contributed by atoms with Gasteiger partial charge in [-0.1, -0.05) is 0 Å². The first-order valence-electron chi connectivity index (χ1n) is 18.8. The molecule has 6 nitrogen and oxygen atoms in total. The van der Waals surface area contributed by atoms with Gasteiger partial charge in [0.2, 0.25) is 0 Å². The van der Waals surface area contributed by atoms with Crippen molar-refractivity contribution in [1.29, 1.82) is 0 Å². The van der Waals surface area contributed by atoms with E-state index in [9.17, 15) is 14.4 Å². The van der Waals surface area contributed by atoms with Crippen LogP contribution in [-0.4, -0.2) is 70.5 Å². The van der Waals surface area contributed by atoms with Crippen molar-refractivity contribution in [3.8, 4) is 0 Å². The summed E-state index contributed by atoms with van der Waals surface area (Å²) in [6, 6.07) is 0. The molecule has 0 heterocycles. The van der Waals surface area contributed by atoms with E-state index in [-0.39, 0.29) is 0 Å². The molecule has 0 spiro atoms. The van der Waals surface area contributed by atoms with Crippen LogP contribution in [-0.2, 0) is 23.6 Å². The molecule has 0 bridgehead atoms. The predicted molar refractivity (Wildman–Crippen MR) is 209 cm³/mol. The minimum atomic E-state index is -4.99. The van der Waals surface area contributed by atoms with Gasteiger partial charge in [-0.15, -0.1) is 0 Å². The predicted octanol–water partition coefficient (Wildman–Crippen LogP) is 11.4. The Morgan fingerprint density at radius 1 is 0.468 bits per heavy atom. The van der Waals surface area contributed by atoms with Crippen molar-refractivity contribution in [1.82, 2.24) is 0 Å². The second-order valence-electron chi connectivity index (χ2n) is 14.3. The van der Waals surface area contributed by atoms with Crippen molar-refractivity contribution in [2.24, 2.45) is 17.8 Å². The van der Waals surface area contributed by atoms with Crippen LogP contribution in [0.25, 0.3) is 0 Å². The molecule has 278 valence electrons. The Hall–Kier alpha value is 0.259. The second kappa shape index (κ2) is 28.9. The van der Waals surface area contributed by atoms with Gasteiger partial charge in [0.1, 0.15) is 0 Å². The van der Waals surface area contributed by atoms with Gasteiger partial charge in [-0.2, -0.15) is 0 Å². The monoisotopic (exact) mass is 828 g/mol. The maximum absolute atomic E-state index is 13.5. The van der Waals surface area contributed by atoms with Crippen LogP contribution in [0.4, 0.5) is 0 Å². The first-order valence-corrected chi connectivity index (χ1v) is 27.4. The molecule has 0 aromatic carbocycles. The van der Waals surface area contributed by atoms with Gasteiger partial charge in [0.15, 0.2) is 0 Å². The zero-order valence-corrected chi connectivity index (χ0v) is 37.2. The third-order valence-electron chi connectivity index (χ3n) is 7.98. The van der Waals surface area contributed by atoms with Gasteiger partial charge in [-0.25, -0.2) is 0 Å². The van der Waals surface area contributed by atoms with Gasteiger partial charge in [-0.3, -0.25) is 0 Å². The summed E-state index contributed by atoms with van der Waals surface area (Å²) in [4.78, 5) is 40.5. The van der Waals surface area contributed by atoms with E-state index < -0.39 is 53.3 Å². The molecule has 0 aromatic heterocycles. The normalized spacial score (nSPS) is 15.0. The van der Waals surface area contributed by atoms with Gasteiger partial charge >= 0.3 is 311 Å². The van der Waals surface area contributed by atoms with E-state index >= 15 is 0 Å². The Balaban J connectivity index is 5.54. The molecule has 0 N–H and O–H groups in total. The molecule has 3 atom stereocenters. The van der Waals surface area contributed by atoms with Crippen LogP contribution in [0.5, 0.6) is 0 Å². The summed E-state index contributed by atoms with van der Waals surface area (Å²) in [5.41, 5.74) is 0. The summed E-state index contributed by atoms with van der Waals surface area (Å²) in [6.45, 7) is 21.0. The summed E-state index contributed by atoms with van der Waals surface area (Å²) in [6.07, 6.45) is 15.3. The van der Waals surface area contributed by atoms with E-state index in [1.807, 2.05) is 27.7 Å². The Kier molecular flexibility index (Phi) is 29.1. The van der Waals surface area contributed by atoms with Gasteiger partial charge in [0, 0.05) is 0 Å². The van der Waals surface area contributed by atoms with Crippen molar-refractivity contribution in [3.05, 3.63) is 0 Å². The summed E-state index contributed by atoms with van der Waals surface area (Å²) in [7, 11) is 0. The first kappa shape index (κ1) is 47.3. The maximum atomic E-state index is 13.5. The zero-order valence-electron chi connectivity index (χ0n) is 31.9. The summed E-state index contributed by atoms with van der Waals surface area (Å²) in [5.74, 6) is 3.41. The number of carbonyl (C=O) groups excluding carboxylic acids is 3. The number of hydrogen-bond donors (Lipinski definition) is 0. The van der Waals surface area contributed by atoms with Crippen molar-refractivity contribution in [2.75, 3.05) is 17.3 Å². The van der Waals surface area contributed by atoms with Gasteiger partial charge in [-0.05, 0) is 0 Å². The van der Waals surface area contributed by atoms with Crippen LogP contribution in [0.3, 0.4) is 0 Å². The molecular weight excluding hydrogens is 755 g/mol. The molecule has 0 aromatic rings. The number of thioether (sulfide) groups is 3. The van der Waals surface area contributed by atoms with Crippen LogP contribution in [0.15, 0.2) is 0 Å². The molecule has 0 fully saturated rings. The van der Waals surface area contributed by atoms with Crippen LogP contribution < -0.4 is 0 Å². The zero-order chi connectivity index (χ0) is 35.7. The standard InChI is InChI=1S/3C11H22O2S.C4H9.Sn/c3*1-9(2)7-5-4-6-8-14-10(3)11(12)13;1-3-4-2;/h3*9-10H,4-8H2,1-3H3,(H,12,13);1,3-4H2,2H3;/q;;;;+3/p-3. The average Bonchev–Trinajstić information content (AvgIpc) is 3.00. The number of carbonyl (C=O) groups is 3. The van der Waals surface area contributed by atoms with Crippen molar-refractivity contribution < 1.29 is 23.6 Å². The Morgan fingerprint density at radius 3 is 1.02 bits per heavy atom. The van der Waals surface area contributed by atoms with Crippen LogP contribution >= 0.6 is 35.3 Å². The third-order valence-corrected chi connectivity index (χ3v) is 18.8. The average molecular weight is 828 g/mol. The fourth-order valence-electron chi connectivity index (χ4n) is 4.80. The van der Waals surface area contributed by atoms with Crippen molar-refractivity contribution in [3.63, 3.8) is 0 Å². The quantitative estimate of drug-likeness (QED) is 0.0519. The summed E-state index contributed by atoms with van der Waals surface area (Å²) >= 11 is -0.294. The minimum absolute atomic E-state index is 0.320. The van der Waals surface area contributed by atoms with Gasteiger partial charge in [0.05, 0.1) is 0 Å². The van der Waals surface area contributed by atoms with Crippen molar-refractivity contribution >= 4 is 72.8 Å². The molecule has 0 aliphatic rings. The molecule has 10 heteroatoms. The molecule has 0 rings (SSSR count). The van der Waals surface area contributed by atoms with E-state index in [0.717, 1.165) is 62.2 Å². The SMILES string of the molecule is CCC[CH2][Sn]([O]C(=O)C(C)SCCCCCC(C)C)([O]C(=O)C(C)SCCCCCC(C)C)[O]C(=O)C(C)SCCCCCC(C)C. The van der Waals surface area contributed by atoms with E-state index in [0.29, 0.717) is 28.6 Å². The van der Waals surface area contributed by atoms with E-state index in [1.165, 1.54) is 38.5 Å². The molecule has 3 unspecified atom stereocenters. The fraction of sp³-hybridized carbons (Fsp3) is 0.919. The fourth-order valence-corrected chi connectivity index (χ4v) is 15.9. The Morgan fingerprint density at radius 2 is 0.766 bits per heavy atom. The number of unbranched alkanes of at least 4 members (excludes halogenated alkanes) is 7. The molecular formula is C37H72O6S3Sn. The molecule has 0 aliphatic carbocycles.